The number of nitrogens with zero attached hydrogens (tertiary/aromatic N) is 1. The monoisotopic (exact) mass is 319 g/mol. The molecule has 6 nitrogen and oxygen atoms in total. The van der Waals surface area contributed by atoms with Gasteiger partial charge < -0.3 is 10.1 Å². The SMILES string of the molecule is CCNCC1CCCCN1S(=O)(=O)NCCC1CCCO1. The minimum Gasteiger partial charge on any atom is -0.378 e. The molecule has 2 aliphatic heterocycles. The van der Waals surface area contributed by atoms with Crippen molar-refractivity contribution in [3.05, 3.63) is 0 Å². The number of piperidine rings is 1. The molecule has 0 aliphatic carbocycles. The third kappa shape index (κ3) is 5.17. The van der Waals surface area contributed by atoms with Gasteiger partial charge in [-0.25, -0.2) is 4.72 Å². The van der Waals surface area contributed by atoms with Crippen LogP contribution in [-0.4, -0.2) is 57.7 Å². The average molecular weight is 319 g/mol. The van der Waals surface area contributed by atoms with Gasteiger partial charge in [-0.2, -0.15) is 12.7 Å². The molecule has 124 valence electrons. The van der Waals surface area contributed by atoms with Crippen molar-refractivity contribution in [2.45, 2.75) is 57.6 Å². The van der Waals surface area contributed by atoms with Crippen LogP contribution in [0.15, 0.2) is 0 Å². The summed E-state index contributed by atoms with van der Waals surface area (Å²) in [5, 5.41) is 3.27. The number of ether oxygens (including phenoxy) is 1. The highest BCUT2D eigenvalue weighted by Gasteiger charge is 2.31. The summed E-state index contributed by atoms with van der Waals surface area (Å²) < 4.78 is 34.9. The number of likely N-dealkylation sites (N-methyl/N-ethyl adjacent to an activating group) is 1. The lowest BCUT2D eigenvalue weighted by molar-refractivity contribution is 0.105. The first-order valence-electron chi connectivity index (χ1n) is 8.22. The van der Waals surface area contributed by atoms with Gasteiger partial charge in [0.05, 0.1) is 6.10 Å². The van der Waals surface area contributed by atoms with Crippen molar-refractivity contribution in [1.29, 1.82) is 0 Å². The first kappa shape index (κ1) is 17.1. The third-order valence-corrected chi connectivity index (χ3v) is 5.95. The van der Waals surface area contributed by atoms with E-state index in [2.05, 4.69) is 10.0 Å². The number of hydrogen-bond donors (Lipinski definition) is 2. The predicted molar refractivity (Wildman–Crippen MR) is 83.4 cm³/mol. The molecule has 2 unspecified atom stereocenters. The minimum atomic E-state index is -3.37. The summed E-state index contributed by atoms with van der Waals surface area (Å²) in [5.41, 5.74) is 0. The molecular formula is C14H29N3O3S. The summed E-state index contributed by atoms with van der Waals surface area (Å²) >= 11 is 0. The standard InChI is InChI=1S/C14H29N3O3S/c1-2-15-12-13-6-3-4-10-17(13)21(18,19)16-9-8-14-7-5-11-20-14/h13-16H,2-12H2,1H3. The van der Waals surface area contributed by atoms with Gasteiger partial charge in [0.25, 0.3) is 10.2 Å². The molecule has 0 radical (unpaired) electrons. The summed E-state index contributed by atoms with van der Waals surface area (Å²) in [6.07, 6.45) is 6.15. The number of hydrogen-bond acceptors (Lipinski definition) is 4. The second kappa shape index (κ2) is 8.43. The Morgan fingerprint density at radius 1 is 1.24 bits per heavy atom. The van der Waals surface area contributed by atoms with E-state index in [0.717, 1.165) is 58.2 Å². The summed E-state index contributed by atoms with van der Waals surface area (Å²) in [5.74, 6) is 0. The van der Waals surface area contributed by atoms with Crippen LogP contribution in [0.5, 0.6) is 0 Å². The lowest BCUT2D eigenvalue weighted by Crippen LogP contribution is -2.52. The summed E-state index contributed by atoms with van der Waals surface area (Å²) in [6.45, 7) is 5.57. The van der Waals surface area contributed by atoms with Crippen LogP contribution in [0, 0.1) is 0 Å². The Balaban J connectivity index is 1.83. The zero-order chi connectivity index (χ0) is 15.1. The van der Waals surface area contributed by atoms with Gasteiger partial charge in [-0.1, -0.05) is 13.3 Å². The Morgan fingerprint density at radius 3 is 2.81 bits per heavy atom. The molecule has 2 atom stereocenters. The van der Waals surface area contributed by atoms with E-state index in [1.807, 2.05) is 6.92 Å². The van der Waals surface area contributed by atoms with Crippen LogP contribution in [0.2, 0.25) is 0 Å². The van der Waals surface area contributed by atoms with E-state index < -0.39 is 10.2 Å². The normalized spacial score (nSPS) is 28.0. The summed E-state index contributed by atoms with van der Waals surface area (Å²) in [6, 6.07) is 0.0823. The average Bonchev–Trinajstić information content (AvgIpc) is 2.98. The van der Waals surface area contributed by atoms with Crippen molar-refractivity contribution in [3.63, 3.8) is 0 Å². The second-order valence-corrected chi connectivity index (χ2v) is 7.60. The molecule has 7 heteroatoms. The van der Waals surface area contributed by atoms with Crippen molar-refractivity contribution < 1.29 is 13.2 Å². The smallest absolute Gasteiger partial charge is 0.279 e. The molecular weight excluding hydrogens is 290 g/mol. The molecule has 0 saturated carbocycles. The maximum atomic E-state index is 12.5. The van der Waals surface area contributed by atoms with E-state index in [1.54, 1.807) is 4.31 Å². The molecule has 0 spiro atoms. The maximum absolute atomic E-state index is 12.5. The first-order valence-corrected chi connectivity index (χ1v) is 9.66. The van der Waals surface area contributed by atoms with Crippen molar-refractivity contribution in [2.24, 2.45) is 0 Å². The molecule has 0 aromatic heterocycles. The van der Waals surface area contributed by atoms with Crippen LogP contribution in [-0.2, 0) is 14.9 Å². The van der Waals surface area contributed by atoms with E-state index in [0.29, 0.717) is 13.1 Å². The molecule has 2 N–H and O–H groups in total. The van der Waals surface area contributed by atoms with E-state index in [-0.39, 0.29) is 12.1 Å². The van der Waals surface area contributed by atoms with Crippen LogP contribution in [0.3, 0.4) is 0 Å². The second-order valence-electron chi connectivity index (χ2n) is 5.89. The fraction of sp³-hybridized carbons (Fsp3) is 1.00. The first-order chi connectivity index (χ1) is 10.1. The van der Waals surface area contributed by atoms with Gasteiger partial charge in [-0.3, -0.25) is 0 Å². The van der Waals surface area contributed by atoms with Gasteiger partial charge >= 0.3 is 0 Å². The van der Waals surface area contributed by atoms with Gasteiger partial charge in [-0.05, 0) is 38.6 Å². The van der Waals surface area contributed by atoms with Gasteiger partial charge in [0.1, 0.15) is 0 Å². The van der Waals surface area contributed by atoms with Gasteiger partial charge in [-0.15, -0.1) is 0 Å². The van der Waals surface area contributed by atoms with Crippen LogP contribution in [0.25, 0.3) is 0 Å². The molecule has 2 heterocycles. The number of rotatable bonds is 8. The zero-order valence-corrected chi connectivity index (χ0v) is 13.8. The van der Waals surface area contributed by atoms with E-state index in [4.69, 9.17) is 4.74 Å². The van der Waals surface area contributed by atoms with Crippen LogP contribution in [0.4, 0.5) is 0 Å². The zero-order valence-electron chi connectivity index (χ0n) is 13.0. The highest BCUT2D eigenvalue weighted by atomic mass is 32.2. The van der Waals surface area contributed by atoms with Crippen molar-refractivity contribution in [2.75, 3.05) is 32.8 Å². The minimum absolute atomic E-state index is 0.0823. The molecule has 21 heavy (non-hydrogen) atoms. The van der Waals surface area contributed by atoms with Crippen LogP contribution < -0.4 is 10.0 Å². The molecule has 2 aliphatic rings. The van der Waals surface area contributed by atoms with Crippen LogP contribution >= 0.6 is 0 Å². The van der Waals surface area contributed by atoms with Gasteiger partial charge in [0.15, 0.2) is 0 Å². The largest absolute Gasteiger partial charge is 0.378 e. The fourth-order valence-electron chi connectivity index (χ4n) is 3.11. The summed E-state index contributed by atoms with van der Waals surface area (Å²) in [7, 11) is -3.37. The Kier molecular flexibility index (Phi) is 6.88. The van der Waals surface area contributed by atoms with E-state index in [9.17, 15) is 8.42 Å². The third-order valence-electron chi connectivity index (χ3n) is 4.29. The Labute approximate surface area is 128 Å². The Hall–Kier alpha value is -0.210. The topological polar surface area (TPSA) is 70.7 Å². The molecule has 2 saturated heterocycles. The molecule has 0 amide bonds. The fourth-order valence-corrected chi connectivity index (χ4v) is 4.59. The van der Waals surface area contributed by atoms with Crippen LogP contribution in [0.1, 0.15) is 45.4 Å². The molecule has 0 bridgehead atoms. The predicted octanol–water partition coefficient (Wildman–Crippen LogP) is 0.854. The summed E-state index contributed by atoms with van der Waals surface area (Å²) in [4.78, 5) is 0. The van der Waals surface area contributed by atoms with Crippen molar-refractivity contribution in [3.8, 4) is 0 Å². The van der Waals surface area contributed by atoms with Crippen molar-refractivity contribution >= 4 is 10.2 Å². The lowest BCUT2D eigenvalue weighted by atomic mass is 10.1. The quantitative estimate of drug-likeness (QED) is 0.696. The maximum Gasteiger partial charge on any atom is 0.279 e. The van der Waals surface area contributed by atoms with E-state index >= 15 is 0 Å². The van der Waals surface area contributed by atoms with Crippen molar-refractivity contribution in [1.82, 2.24) is 14.3 Å². The highest BCUT2D eigenvalue weighted by molar-refractivity contribution is 7.87. The highest BCUT2D eigenvalue weighted by Crippen LogP contribution is 2.20. The van der Waals surface area contributed by atoms with Gasteiger partial charge in [0.2, 0.25) is 0 Å². The lowest BCUT2D eigenvalue weighted by Gasteiger charge is -2.34. The van der Waals surface area contributed by atoms with E-state index in [1.165, 1.54) is 0 Å². The Morgan fingerprint density at radius 2 is 2.10 bits per heavy atom. The van der Waals surface area contributed by atoms with Gasteiger partial charge in [0, 0.05) is 32.3 Å². The molecule has 0 aromatic rings. The molecule has 2 fully saturated rings. The molecule has 2 rings (SSSR count). The molecule has 0 aromatic carbocycles. The number of nitrogens with one attached hydrogen (secondary N) is 2. The Bertz CT molecular complexity index is 396.